The number of ether oxygens (including phenoxy) is 1. The van der Waals surface area contributed by atoms with E-state index < -0.39 is 14.5 Å². The lowest BCUT2D eigenvalue weighted by atomic mass is 9.95. The molecule has 0 saturated carbocycles. The largest absolute Gasteiger partial charge is 0.498 e. The Morgan fingerprint density at radius 2 is 1.92 bits per heavy atom. The van der Waals surface area contributed by atoms with Crippen molar-refractivity contribution in [1.29, 1.82) is 0 Å². The van der Waals surface area contributed by atoms with Crippen LogP contribution in [0.4, 0.5) is 0 Å². The van der Waals surface area contributed by atoms with Crippen molar-refractivity contribution >= 4 is 14.5 Å². The Balaban J connectivity index is 2.24. The van der Waals surface area contributed by atoms with Crippen molar-refractivity contribution in [2.24, 2.45) is 5.92 Å². The molecular formula is C9H19AlO2. The Morgan fingerprint density at radius 1 is 1.33 bits per heavy atom. The highest BCUT2D eigenvalue weighted by Crippen LogP contribution is 2.21. The van der Waals surface area contributed by atoms with Crippen LogP contribution in [0.3, 0.4) is 0 Å². The first-order chi connectivity index (χ1) is 5.70. The summed E-state index contributed by atoms with van der Waals surface area (Å²) in [6, 6.07) is 0. The van der Waals surface area contributed by atoms with Gasteiger partial charge in [0.25, 0.3) is 0 Å². The van der Waals surface area contributed by atoms with E-state index in [1.165, 1.54) is 12.8 Å². The number of hydrogen-bond donors (Lipinski definition) is 0. The molecule has 70 valence electrons. The van der Waals surface area contributed by atoms with E-state index in [4.69, 9.17) is 8.53 Å². The second-order valence-electron chi connectivity index (χ2n) is 3.84. The lowest BCUT2D eigenvalue weighted by Gasteiger charge is -2.29. The number of hydrogen-bond acceptors (Lipinski definition) is 2. The predicted molar refractivity (Wildman–Crippen MR) is 51.6 cm³/mol. The molecule has 1 atom stereocenters. The fourth-order valence-corrected chi connectivity index (χ4v) is 2.81. The highest BCUT2D eigenvalue weighted by molar-refractivity contribution is 6.48. The number of rotatable bonds is 3. The summed E-state index contributed by atoms with van der Waals surface area (Å²) in [7, 11) is 0. The molecule has 0 radical (unpaired) electrons. The molecule has 0 aromatic rings. The first-order valence-electron chi connectivity index (χ1n) is 4.93. The van der Waals surface area contributed by atoms with Gasteiger partial charge in [0.05, 0.1) is 0 Å². The van der Waals surface area contributed by atoms with E-state index in [0.29, 0.717) is 6.10 Å². The van der Waals surface area contributed by atoms with Crippen molar-refractivity contribution < 1.29 is 8.53 Å². The van der Waals surface area contributed by atoms with E-state index in [2.05, 4.69) is 18.5 Å². The van der Waals surface area contributed by atoms with Crippen molar-refractivity contribution in [1.82, 2.24) is 0 Å². The molecule has 0 amide bonds. The fraction of sp³-hybridized carbons (Fsp3) is 1.00. The summed E-state index contributed by atoms with van der Waals surface area (Å²) in [5, 5.41) is 0. The Labute approximate surface area is 80.0 Å². The third-order valence-corrected chi connectivity index (χ3v) is 3.39. The molecule has 3 heteroatoms. The summed E-state index contributed by atoms with van der Waals surface area (Å²) in [5.74, 6) is 5.21. The summed E-state index contributed by atoms with van der Waals surface area (Å²) < 4.78 is 11.2. The van der Waals surface area contributed by atoms with Crippen LogP contribution >= 0.6 is 0 Å². The van der Waals surface area contributed by atoms with Crippen LogP contribution in [-0.4, -0.2) is 33.8 Å². The van der Waals surface area contributed by atoms with Crippen molar-refractivity contribution in [3.05, 3.63) is 0 Å². The monoisotopic (exact) mass is 186 g/mol. The smallest absolute Gasteiger partial charge is 0.454 e. The van der Waals surface area contributed by atoms with E-state index in [1.807, 2.05) is 0 Å². The zero-order valence-corrected chi connectivity index (χ0v) is 9.53. The van der Waals surface area contributed by atoms with E-state index in [1.54, 1.807) is 0 Å². The van der Waals surface area contributed by atoms with Gasteiger partial charge in [0.15, 0.2) is 0 Å². The standard InChI is InChI=1S/C7H13O2.2CH3.Al/c1-6(8)7-2-4-9-5-3-7;;;/h6-7H,2-5H2,1H3;2*1H3;/q-1;;;+1. The second kappa shape index (κ2) is 5.24. The van der Waals surface area contributed by atoms with Gasteiger partial charge in [0.1, 0.15) is 0 Å². The quantitative estimate of drug-likeness (QED) is 0.628. The minimum Gasteiger partial charge on any atom is -0.498 e. The normalized spacial score (nSPS) is 22.2. The average molecular weight is 186 g/mol. The third kappa shape index (κ3) is 3.45. The molecule has 1 unspecified atom stereocenters. The first-order valence-corrected chi connectivity index (χ1v) is 7.71. The van der Waals surface area contributed by atoms with Gasteiger partial charge in [-0.3, -0.25) is 0 Å². The van der Waals surface area contributed by atoms with Gasteiger partial charge in [-0.15, -0.1) is 0 Å². The molecule has 12 heavy (non-hydrogen) atoms. The lowest BCUT2D eigenvalue weighted by molar-refractivity contribution is 0.0235. The molecule has 0 aliphatic carbocycles. The molecule has 2 nitrogen and oxygen atoms in total. The van der Waals surface area contributed by atoms with Crippen LogP contribution in [0.1, 0.15) is 19.8 Å². The molecule has 1 saturated heterocycles. The van der Waals surface area contributed by atoms with Gasteiger partial charge in [0, 0.05) is 19.3 Å². The van der Waals surface area contributed by atoms with E-state index in [-0.39, 0.29) is 0 Å². The first kappa shape index (κ1) is 10.5. The van der Waals surface area contributed by atoms with Crippen molar-refractivity contribution in [3.63, 3.8) is 0 Å². The maximum atomic E-state index is 5.87. The summed E-state index contributed by atoms with van der Waals surface area (Å²) in [6.07, 6.45) is 2.82. The Morgan fingerprint density at radius 3 is 2.42 bits per heavy atom. The molecule has 1 heterocycles. The molecule has 1 rings (SSSR count). The maximum absolute atomic E-state index is 5.87. The van der Waals surface area contributed by atoms with Gasteiger partial charge in [-0.2, -0.15) is 0 Å². The Bertz CT molecular complexity index is 122. The van der Waals surface area contributed by atoms with Crippen LogP contribution in [0.15, 0.2) is 0 Å². The Kier molecular flexibility index (Phi) is 4.60. The van der Waals surface area contributed by atoms with Gasteiger partial charge >= 0.3 is 14.5 Å². The van der Waals surface area contributed by atoms with Gasteiger partial charge in [0.2, 0.25) is 0 Å². The zero-order valence-electron chi connectivity index (χ0n) is 8.38. The van der Waals surface area contributed by atoms with Crippen molar-refractivity contribution in [3.8, 4) is 0 Å². The fourth-order valence-electron chi connectivity index (χ4n) is 1.73. The van der Waals surface area contributed by atoms with Crippen molar-refractivity contribution in [2.75, 3.05) is 13.2 Å². The van der Waals surface area contributed by atoms with Gasteiger partial charge in [-0.1, -0.05) is 11.6 Å². The van der Waals surface area contributed by atoms with E-state index in [9.17, 15) is 0 Å². The lowest BCUT2D eigenvalue weighted by Crippen LogP contribution is -2.30. The van der Waals surface area contributed by atoms with Gasteiger partial charge < -0.3 is 8.53 Å². The molecule has 0 bridgehead atoms. The van der Waals surface area contributed by atoms with Crippen LogP contribution in [0.25, 0.3) is 0 Å². The minimum absolute atomic E-state index is 0.459. The highest BCUT2D eigenvalue weighted by atomic mass is 27.2. The van der Waals surface area contributed by atoms with Crippen LogP contribution in [0, 0.1) is 5.92 Å². The van der Waals surface area contributed by atoms with Crippen LogP contribution in [0.2, 0.25) is 11.6 Å². The zero-order chi connectivity index (χ0) is 8.97. The topological polar surface area (TPSA) is 18.5 Å². The summed E-state index contributed by atoms with van der Waals surface area (Å²) in [6.45, 7) is 4.07. The second-order valence-corrected chi connectivity index (χ2v) is 6.21. The summed E-state index contributed by atoms with van der Waals surface area (Å²) in [4.78, 5) is 0. The highest BCUT2D eigenvalue weighted by Gasteiger charge is 2.22. The SMILES string of the molecule is CC([O][Al]([CH3])[CH3])C1CCOCC1. The molecule has 0 aromatic heterocycles. The van der Waals surface area contributed by atoms with Crippen LogP contribution in [0.5, 0.6) is 0 Å². The molecule has 0 spiro atoms. The Hall–Kier alpha value is 0.452. The predicted octanol–water partition coefficient (Wildman–Crippen LogP) is 2.07. The molecule has 1 aliphatic rings. The summed E-state index contributed by atoms with van der Waals surface area (Å²) >= 11 is -0.840. The van der Waals surface area contributed by atoms with Crippen LogP contribution in [-0.2, 0) is 8.53 Å². The van der Waals surface area contributed by atoms with Gasteiger partial charge in [-0.25, -0.2) is 0 Å². The van der Waals surface area contributed by atoms with Crippen molar-refractivity contribution in [2.45, 2.75) is 37.4 Å². The molecule has 1 fully saturated rings. The molecule has 1 aliphatic heterocycles. The van der Waals surface area contributed by atoms with Crippen LogP contribution < -0.4 is 0 Å². The average Bonchev–Trinajstić information content (AvgIpc) is 2.05. The molecule has 0 aromatic carbocycles. The third-order valence-electron chi connectivity index (χ3n) is 2.42. The molecule has 0 N–H and O–H groups in total. The van der Waals surface area contributed by atoms with E-state index in [0.717, 1.165) is 19.1 Å². The van der Waals surface area contributed by atoms with E-state index >= 15 is 0 Å². The summed E-state index contributed by atoms with van der Waals surface area (Å²) in [5.41, 5.74) is 0. The maximum Gasteiger partial charge on any atom is 0.454 e. The minimum atomic E-state index is -0.840. The molecular weight excluding hydrogens is 167 g/mol. The van der Waals surface area contributed by atoms with Gasteiger partial charge in [-0.05, 0) is 25.7 Å².